The Morgan fingerprint density at radius 3 is 2.20 bits per heavy atom. The summed E-state index contributed by atoms with van der Waals surface area (Å²) in [6.45, 7) is 7.00. The number of rotatable bonds is 8. The average Bonchev–Trinajstić information content (AvgIpc) is 2.39. The lowest BCUT2D eigenvalue weighted by Gasteiger charge is -2.17. The molecule has 0 aliphatic carbocycles. The van der Waals surface area contributed by atoms with E-state index in [0.717, 1.165) is 31.6 Å². The molecule has 0 radical (unpaired) electrons. The number of nitro groups is 1. The molecule has 1 N–H and O–H groups in total. The van der Waals surface area contributed by atoms with E-state index in [4.69, 9.17) is 0 Å². The zero-order valence-electron chi connectivity index (χ0n) is 11.6. The van der Waals surface area contributed by atoms with E-state index in [-0.39, 0.29) is 4.90 Å². The lowest BCUT2D eigenvalue weighted by atomic mass is 10.1. The van der Waals surface area contributed by atoms with E-state index in [0.29, 0.717) is 0 Å². The fourth-order valence-electron chi connectivity index (χ4n) is 1.81. The number of benzene rings is 1. The Labute approximate surface area is 118 Å². The summed E-state index contributed by atoms with van der Waals surface area (Å²) in [5, 5.41) is 9.13. The Morgan fingerprint density at radius 1 is 1.20 bits per heavy atom. The highest BCUT2D eigenvalue weighted by atomic mass is 32.2. The molecule has 1 aromatic carbocycles. The maximum Gasteiger partial charge on any atom is 0.311 e. The summed E-state index contributed by atoms with van der Waals surface area (Å²) >= 11 is 0. The van der Waals surface area contributed by atoms with Crippen molar-refractivity contribution >= 4 is 10.0 Å². The van der Waals surface area contributed by atoms with Crippen LogP contribution in [0.4, 0.5) is 0 Å². The lowest BCUT2D eigenvalue weighted by Crippen LogP contribution is -2.29. The van der Waals surface area contributed by atoms with Crippen molar-refractivity contribution in [1.82, 2.24) is 9.73 Å². The van der Waals surface area contributed by atoms with Gasteiger partial charge >= 0.3 is 10.0 Å². The summed E-state index contributed by atoms with van der Waals surface area (Å²) in [6.07, 6.45) is 0.810. The molecule has 0 saturated heterocycles. The van der Waals surface area contributed by atoms with E-state index in [1.807, 2.05) is 0 Å². The van der Waals surface area contributed by atoms with Gasteiger partial charge in [-0.25, -0.2) is 10.1 Å². The molecule has 0 aromatic heterocycles. The van der Waals surface area contributed by atoms with Crippen molar-refractivity contribution in [2.75, 3.05) is 19.6 Å². The van der Waals surface area contributed by atoms with Crippen LogP contribution in [0, 0.1) is 10.1 Å². The summed E-state index contributed by atoms with van der Waals surface area (Å²) < 4.78 is 23.1. The Hall–Kier alpha value is -1.67. The predicted molar refractivity (Wildman–Crippen MR) is 75.2 cm³/mol. The van der Waals surface area contributed by atoms with Gasteiger partial charge in [-0.1, -0.05) is 26.0 Å². The fraction of sp³-hybridized carbons (Fsp3) is 0.500. The van der Waals surface area contributed by atoms with Crippen molar-refractivity contribution < 1.29 is 13.5 Å². The van der Waals surface area contributed by atoms with Crippen LogP contribution in [0.25, 0.3) is 0 Å². The van der Waals surface area contributed by atoms with E-state index >= 15 is 0 Å². The van der Waals surface area contributed by atoms with Gasteiger partial charge in [0.2, 0.25) is 0 Å². The second-order valence-electron chi connectivity index (χ2n) is 4.27. The van der Waals surface area contributed by atoms with Gasteiger partial charge in [-0.3, -0.25) is 0 Å². The molecule has 112 valence electrons. The van der Waals surface area contributed by atoms with Gasteiger partial charge in [0, 0.05) is 6.54 Å². The normalized spacial score (nSPS) is 11.6. The Kier molecular flexibility index (Phi) is 5.90. The zero-order chi connectivity index (χ0) is 15.2. The molecule has 0 bridgehead atoms. The Morgan fingerprint density at radius 2 is 1.75 bits per heavy atom. The monoisotopic (exact) mass is 301 g/mol. The molecule has 0 saturated carbocycles. The first kappa shape index (κ1) is 16.4. The third-order valence-corrected chi connectivity index (χ3v) is 4.32. The molecule has 0 unspecified atom stereocenters. The van der Waals surface area contributed by atoms with Crippen LogP contribution in [-0.4, -0.2) is 38.0 Å². The van der Waals surface area contributed by atoms with Crippen LogP contribution in [0.3, 0.4) is 0 Å². The number of likely N-dealkylation sites (N-methyl/N-ethyl adjacent to an activating group) is 1. The number of hydrazine groups is 1. The number of nitrogens with one attached hydrogen (secondary N) is 1. The van der Waals surface area contributed by atoms with Crippen molar-refractivity contribution in [2.45, 2.75) is 25.2 Å². The first-order valence-corrected chi connectivity index (χ1v) is 7.85. The average molecular weight is 301 g/mol. The highest BCUT2D eigenvalue weighted by Crippen LogP contribution is 2.11. The summed E-state index contributed by atoms with van der Waals surface area (Å²) in [7, 11) is -4.08. The van der Waals surface area contributed by atoms with E-state index < -0.39 is 15.1 Å². The van der Waals surface area contributed by atoms with E-state index in [9.17, 15) is 18.5 Å². The molecule has 0 aliphatic heterocycles. The first-order chi connectivity index (χ1) is 9.39. The van der Waals surface area contributed by atoms with Crippen LogP contribution in [0.1, 0.15) is 19.4 Å². The molecular weight excluding hydrogens is 282 g/mol. The molecule has 0 heterocycles. The molecule has 1 aromatic rings. The van der Waals surface area contributed by atoms with Crippen LogP contribution in [-0.2, 0) is 16.4 Å². The van der Waals surface area contributed by atoms with Gasteiger partial charge in [0.15, 0.2) is 5.03 Å². The van der Waals surface area contributed by atoms with E-state index in [2.05, 4.69) is 18.7 Å². The smallest absolute Gasteiger partial charge is 0.304 e. The minimum atomic E-state index is -4.08. The topological polar surface area (TPSA) is 92.6 Å². The standard InChI is InChI=1S/C12H19N3O4S/c1-3-14(4-2)10-9-11-5-7-12(8-6-11)20(18,19)13-15(16)17/h5-8,13H,3-4,9-10H2,1-2H3. The fourth-order valence-corrected chi connectivity index (χ4v) is 2.61. The van der Waals surface area contributed by atoms with E-state index in [1.165, 1.54) is 17.0 Å². The van der Waals surface area contributed by atoms with Crippen molar-refractivity contribution in [2.24, 2.45) is 0 Å². The van der Waals surface area contributed by atoms with Gasteiger partial charge in [0.25, 0.3) is 0 Å². The molecule has 8 heteroatoms. The minimum absolute atomic E-state index is 0.110. The van der Waals surface area contributed by atoms with Crippen molar-refractivity contribution in [3.63, 3.8) is 0 Å². The molecule has 0 aliphatic rings. The predicted octanol–water partition coefficient (Wildman–Crippen LogP) is 1.04. The minimum Gasteiger partial charge on any atom is -0.304 e. The number of sulfonamides is 1. The van der Waals surface area contributed by atoms with Gasteiger partial charge in [-0.05, 0) is 42.0 Å². The Balaban J connectivity index is 2.72. The number of hydrogen-bond donors (Lipinski definition) is 1. The highest BCUT2D eigenvalue weighted by Gasteiger charge is 2.18. The largest absolute Gasteiger partial charge is 0.311 e. The van der Waals surface area contributed by atoms with Gasteiger partial charge < -0.3 is 4.90 Å². The van der Waals surface area contributed by atoms with Gasteiger partial charge in [-0.2, -0.15) is 8.42 Å². The second-order valence-corrected chi connectivity index (χ2v) is 5.93. The summed E-state index contributed by atoms with van der Waals surface area (Å²) in [5.41, 5.74) is 0.997. The van der Waals surface area contributed by atoms with Crippen LogP contribution in [0.2, 0.25) is 0 Å². The summed E-state index contributed by atoms with van der Waals surface area (Å²) in [5.74, 6) is 0. The molecule has 1 rings (SSSR count). The molecule has 0 spiro atoms. The van der Waals surface area contributed by atoms with Crippen LogP contribution in [0.5, 0.6) is 0 Å². The molecule has 0 fully saturated rings. The molecule has 0 atom stereocenters. The number of nitrogens with zero attached hydrogens (tertiary/aromatic N) is 2. The van der Waals surface area contributed by atoms with Gasteiger partial charge in [0.1, 0.15) is 0 Å². The second kappa shape index (κ2) is 7.20. The zero-order valence-corrected chi connectivity index (χ0v) is 12.4. The molecular formula is C12H19N3O4S. The molecule has 0 amide bonds. The highest BCUT2D eigenvalue weighted by molar-refractivity contribution is 7.89. The van der Waals surface area contributed by atoms with Gasteiger partial charge in [0.05, 0.1) is 4.90 Å². The molecule has 20 heavy (non-hydrogen) atoms. The third-order valence-electron chi connectivity index (χ3n) is 3.04. The quantitative estimate of drug-likeness (QED) is 0.572. The van der Waals surface area contributed by atoms with Gasteiger partial charge in [-0.15, -0.1) is 0 Å². The van der Waals surface area contributed by atoms with Crippen molar-refractivity contribution in [3.8, 4) is 0 Å². The third kappa shape index (κ3) is 4.78. The molecule has 7 nitrogen and oxygen atoms in total. The first-order valence-electron chi connectivity index (χ1n) is 6.37. The summed E-state index contributed by atoms with van der Waals surface area (Å²) in [6, 6.07) is 6.11. The SMILES string of the molecule is CCN(CC)CCc1ccc(S(=O)(=O)N[N+](=O)[O-])cc1. The van der Waals surface area contributed by atoms with Crippen LogP contribution >= 0.6 is 0 Å². The maximum atomic E-state index is 11.6. The van der Waals surface area contributed by atoms with Crippen molar-refractivity contribution in [1.29, 1.82) is 0 Å². The number of hydrogen-bond acceptors (Lipinski definition) is 5. The Bertz CT molecular complexity index is 538. The van der Waals surface area contributed by atoms with E-state index in [1.54, 1.807) is 12.1 Å². The van der Waals surface area contributed by atoms with Crippen LogP contribution in [0.15, 0.2) is 29.2 Å². The van der Waals surface area contributed by atoms with Crippen molar-refractivity contribution in [3.05, 3.63) is 39.9 Å². The van der Waals surface area contributed by atoms with Crippen LogP contribution < -0.4 is 4.83 Å². The lowest BCUT2D eigenvalue weighted by molar-refractivity contribution is -0.518. The summed E-state index contributed by atoms with van der Waals surface area (Å²) in [4.78, 5) is 13.7. The maximum absolute atomic E-state index is 11.6.